The van der Waals surface area contributed by atoms with Gasteiger partial charge in [0.25, 0.3) is 0 Å². The van der Waals surface area contributed by atoms with Crippen LogP contribution < -0.4 is 9.47 Å². The SMILES string of the molecule is C#CCOc1c(Br)cc(C2C3=C(CCCC3=O)N(Cc3ccccc3)C3=C2C(=O)CCC3)cc1OCC. The Balaban J connectivity index is 1.69. The number of carbonyl (C=O) groups is 2. The van der Waals surface area contributed by atoms with Crippen LogP contribution in [0.3, 0.4) is 0 Å². The summed E-state index contributed by atoms with van der Waals surface area (Å²) in [6.45, 7) is 3.11. The number of carbonyl (C=O) groups excluding carboxylic acids is 2. The van der Waals surface area contributed by atoms with Gasteiger partial charge >= 0.3 is 0 Å². The Hall–Kier alpha value is -3.30. The molecule has 1 aliphatic heterocycles. The fraction of sp³-hybridized carbons (Fsp3) is 0.355. The molecule has 190 valence electrons. The summed E-state index contributed by atoms with van der Waals surface area (Å²) < 4.78 is 12.4. The number of benzene rings is 2. The molecule has 37 heavy (non-hydrogen) atoms. The minimum absolute atomic E-state index is 0.109. The molecule has 0 radical (unpaired) electrons. The van der Waals surface area contributed by atoms with Gasteiger partial charge < -0.3 is 14.4 Å². The van der Waals surface area contributed by atoms with Crippen LogP contribution in [-0.4, -0.2) is 29.7 Å². The maximum absolute atomic E-state index is 13.6. The molecule has 0 fully saturated rings. The zero-order valence-corrected chi connectivity index (χ0v) is 22.6. The molecule has 0 amide bonds. The van der Waals surface area contributed by atoms with Gasteiger partial charge in [0.15, 0.2) is 23.1 Å². The van der Waals surface area contributed by atoms with E-state index in [1.54, 1.807) is 0 Å². The fourth-order valence-electron chi connectivity index (χ4n) is 5.78. The van der Waals surface area contributed by atoms with Crippen LogP contribution in [0, 0.1) is 12.3 Å². The molecular weight excluding hydrogens is 530 g/mol. The van der Waals surface area contributed by atoms with Crippen LogP contribution in [0.4, 0.5) is 0 Å². The summed E-state index contributed by atoms with van der Waals surface area (Å²) in [6, 6.07) is 14.1. The number of nitrogens with zero attached hydrogens (tertiary/aromatic N) is 1. The summed E-state index contributed by atoms with van der Waals surface area (Å²) >= 11 is 3.64. The lowest BCUT2D eigenvalue weighted by molar-refractivity contribution is -0.117. The number of hydrogen-bond donors (Lipinski definition) is 0. The second-order valence-electron chi connectivity index (χ2n) is 9.53. The summed E-state index contributed by atoms with van der Waals surface area (Å²) in [5, 5.41) is 0. The van der Waals surface area contributed by atoms with E-state index in [2.05, 4.69) is 38.9 Å². The molecule has 5 nitrogen and oxygen atoms in total. The van der Waals surface area contributed by atoms with Gasteiger partial charge in [0.1, 0.15) is 6.61 Å². The Bertz CT molecular complexity index is 1290. The number of terminal acetylenes is 1. The first-order valence-corrected chi connectivity index (χ1v) is 13.7. The van der Waals surface area contributed by atoms with Gasteiger partial charge in [-0.2, -0.15) is 0 Å². The summed E-state index contributed by atoms with van der Waals surface area (Å²) in [5.74, 6) is 3.39. The van der Waals surface area contributed by atoms with E-state index in [4.69, 9.17) is 15.9 Å². The van der Waals surface area contributed by atoms with Crippen LogP contribution in [-0.2, 0) is 16.1 Å². The van der Waals surface area contributed by atoms with Crippen LogP contribution in [0.25, 0.3) is 0 Å². The molecule has 0 spiro atoms. The quantitative estimate of drug-likeness (QED) is 0.363. The van der Waals surface area contributed by atoms with Gasteiger partial charge in [0.2, 0.25) is 0 Å². The third-order valence-electron chi connectivity index (χ3n) is 7.23. The van der Waals surface area contributed by atoms with Crippen LogP contribution in [0.1, 0.15) is 62.5 Å². The average molecular weight is 560 g/mol. The highest BCUT2D eigenvalue weighted by Gasteiger charge is 2.43. The molecule has 3 aliphatic rings. The number of hydrogen-bond acceptors (Lipinski definition) is 5. The number of Topliss-reactive ketones (excluding diaryl/α,β-unsaturated/α-hetero) is 2. The minimum atomic E-state index is -0.421. The lowest BCUT2D eigenvalue weighted by Gasteiger charge is -2.44. The van der Waals surface area contributed by atoms with Crippen LogP contribution in [0.5, 0.6) is 11.5 Å². The molecule has 0 saturated heterocycles. The van der Waals surface area contributed by atoms with Crippen molar-refractivity contribution >= 4 is 27.5 Å². The van der Waals surface area contributed by atoms with Gasteiger partial charge in [-0.1, -0.05) is 36.3 Å². The largest absolute Gasteiger partial charge is 0.490 e. The third kappa shape index (κ3) is 4.85. The van der Waals surface area contributed by atoms with Gasteiger partial charge in [-0.25, -0.2) is 0 Å². The topological polar surface area (TPSA) is 55.8 Å². The number of allylic oxidation sites excluding steroid dienone is 4. The predicted molar refractivity (Wildman–Crippen MR) is 146 cm³/mol. The van der Waals surface area contributed by atoms with Gasteiger partial charge in [-0.3, -0.25) is 9.59 Å². The Morgan fingerprint density at radius 2 is 1.62 bits per heavy atom. The van der Waals surface area contributed by atoms with Crippen molar-refractivity contribution in [2.75, 3.05) is 13.2 Å². The van der Waals surface area contributed by atoms with Crippen molar-refractivity contribution in [2.45, 2.75) is 57.9 Å². The molecule has 1 heterocycles. The molecular formula is C31H30BrNO4. The standard InChI is InChI=1S/C31H30BrNO4/c1-3-16-37-31-22(32)17-21(18-27(31)36-4-2)28-29-23(12-8-14-25(29)34)33(19-20-10-6-5-7-11-20)24-13-9-15-26(35)30(24)28/h1,5-7,10-11,17-18,28H,4,8-9,12-16,19H2,2H3. The van der Waals surface area contributed by atoms with Crippen LogP contribution in [0.2, 0.25) is 0 Å². The van der Waals surface area contributed by atoms with Crippen LogP contribution >= 0.6 is 15.9 Å². The minimum Gasteiger partial charge on any atom is -0.490 e. The fourth-order valence-corrected chi connectivity index (χ4v) is 6.35. The van der Waals surface area contributed by atoms with E-state index in [0.717, 1.165) is 59.4 Å². The van der Waals surface area contributed by atoms with E-state index in [1.165, 1.54) is 0 Å². The highest BCUT2D eigenvalue weighted by atomic mass is 79.9. The second kappa shape index (κ2) is 11.0. The van der Waals surface area contributed by atoms with E-state index in [9.17, 15) is 9.59 Å². The van der Waals surface area contributed by atoms with Crippen molar-refractivity contribution < 1.29 is 19.1 Å². The summed E-state index contributed by atoms with van der Waals surface area (Å²) in [6.07, 6.45) is 9.68. The first-order chi connectivity index (χ1) is 18.0. The van der Waals surface area contributed by atoms with E-state index < -0.39 is 5.92 Å². The van der Waals surface area contributed by atoms with E-state index in [0.29, 0.717) is 42.0 Å². The molecule has 0 unspecified atom stereocenters. The molecule has 0 N–H and O–H groups in total. The first-order valence-electron chi connectivity index (χ1n) is 12.9. The molecule has 0 saturated carbocycles. The van der Waals surface area contributed by atoms with Crippen molar-refractivity contribution in [1.82, 2.24) is 4.90 Å². The number of ketones is 2. The normalized spacial score (nSPS) is 17.9. The number of halogens is 1. The second-order valence-corrected chi connectivity index (χ2v) is 10.4. The van der Waals surface area contributed by atoms with Crippen molar-refractivity contribution in [1.29, 1.82) is 0 Å². The van der Waals surface area contributed by atoms with Gasteiger partial charge in [0.05, 0.1) is 11.1 Å². The molecule has 0 aromatic heterocycles. The molecule has 2 aliphatic carbocycles. The van der Waals surface area contributed by atoms with Gasteiger partial charge in [-0.05, 0) is 71.8 Å². The van der Waals surface area contributed by atoms with Crippen molar-refractivity contribution in [3.63, 3.8) is 0 Å². The Morgan fingerprint density at radius 3 is 2.22 bits per heavy atom. The third-order valence-corrected chi connectivity index (χ3v) is 7.82. The maximum atomic E-state index is 13.6. The van der Waals surface area contributed by atoms with E-state index in [-0.39, 0.29) is 18.2 Å². The predicted octanol–water partition coefficient (Wildman–Crippen LogP) is 6.47. The van der Waals surface area contributed by atoms with Gasteiger partial charge in [0, 0.05) is 47.8 Å². The lowest BCUT2D eigenvalue weighted by atomic mass is 9.71. The van der Waals surface area contributed by atoms with E-state index >= 15 is 0 Å². The van der Waals surface area contributed by atoms with Crippen LogP contribution in [0.15, 0.2) is 69.5 Å². The summed E-state index contributed by atoms with van der Waals surface area (Å²) in [7, 11) is 0. The average Bonchev–Trinajstić information content (AvgIpc) is 2.89. The number of rotatable bonds is 7. The molecule has 5 rings (SSSR count). The van der Waals surface area contributed by atoms with E-state index in [1.807, 2.05) is 37.3 Å². The molecule has 0 atom stereocenters. The Labute approximate surface area is 226 Å². The highest BCUT2D eigenvalue weighted by Crippen LogP contribution is 2.51. The highest BCUT2D eigenvalue weighted by molar-refractivity contribution is 9.10. The molecule has 6 heteroatoms. The summed E-state index contributed by atoms with van der Waals surface area (Å²) in [4.78, 5) is 29.4. The summed E-state index contributed by atoms with van der Waals surface area (Å²) in [5.41, 5.74) is 5.63. The smallest absolute Gasteiger partial charge is 0.176 e. The maximum Gasteiger partial charge on any atom is 0.176 e. The van der Waals surface area contributed by atoms with Crippen molar-refractivity contribution in [2.24, 2.45) is 0 Å². The Morgan fingerprint density at radius 1 is 0.973 bits per heavy atom. The lowest BCUT2D eigenvalue weighted by Crippen LogP contribution is -2.38. The molecule has 2 aromatic rings. The molecule has 2 aromatic carbocycles. The van der Waals surface area contributed by atoms with Gasteiger partial charge in [-0.15, -0.1) is 6.42 Å². The Kier molecular flexibility index (Phi) is 7.53. The molecule has 0 bridgehead atoms. The van der Waals surface area contributed by atoms with Crippen molar-refractivity contribution in [3.8, 4) is 23.8 Å². The zero-order chi connectivity index (χ0) is 25.9. The van der Waals surface area contributed by atoms with Crippen molar-refractivity contribution in [3.05, 3.63) is 80.6 Å². The first kappa shape index (κ1) is 25.4. The zero-order valence-electron chi connectivity index (χ0n) is 21.0. The number of ether oxygens (including phenoxy) is 2. The monoisotopic (exact) mass is 559 g/mol.